The van der Waals surface area contributed by atoms with E-state index in [-0.39, 0.29) is 0 Å². The number of hydrogen-bond acceptors (Lipinski definition) is 4. The maximum absolute atomic E-state index is 5.15. The third-order valence-electron chi connectivity index (χ3n) is 4.84. The maximum atomic E-state index is 5.15. The van der Waals surface area contributed by atoms with E-state index in [2.05, 4.69) is 32.2 Å². The van der Waals surface area contributed by atoms with E-state index >= 15 is 0 Å². The normalized spacial score (nSPS) is 25.7. The first-order valence-electron chi connectivity index (χ1n) is 8.82. The zero-order valence-corrected chi connectivity index (χ0v) is 14.6. The van der Waals surface area contributed by atoms with Gasteiger partial charge in [0, 0.05) is 51.9 Å². The molecule has 1 aromatic rings. The average Bonchev–Trinajstić information content (AvgIpc) is 3.16. The summed E-state index contributed by atoms with van der Waals surface area (Å²) in [6.45, 7) is 9.18. The number of aromatic nitrogens is 1. The lowest BCUT2D eigenvalue weighted by Crippen LogP contribution is -2.52. The molecule has 0 bridgehead atoms. The molecule has 1 aromatic heterocycles. The van der Waals surface area contributed by atoms with E-state index < -0.39 is 0 Å². The summed E-state index contributed by atoms with van der Waals surface area (Å²) in [7, 11) is 1.89. The Morgan fingerprint density at radius 1 is 1.39 bits per heavy atom. The van der Waals surface area contributed by atoms with Crippen LogP contribution < -0.4 is 5.32 Å². The molecule has 6 heteroatoms. The average molecular weight is 319 g/mol. The molecule has 2 fully saturated rings. The predicted octanol–water partition coefficient (Wildman–Crippen LogP) is 1.86. The fourth-order valence-corrected chi connectivity index (χ4v) is 3.42. The van der Waals surface area contributed by atoms with Crippen LogP contribution in [0.5, 0.6) is 0 Å². The van der Waals surface area contributed by atoms with Crippen LogP contribution in [0.2, 0.25) is 0 Å². The van der Waals surface area contributed by atoms with E-state index in [1.807, 2.05) is 20.0 Å². The number of hydrogen-bond donors (Lipinski definition) is 1. The largest absolute Gasteiger partial charge is 0.361 e. The molecule has 3 rings (SSSR count). The molecule has 0 aromatic carbocycles. The molecule has 2 aliphatic rings. The van der Waals surface area contributed by atoms with Gasteiger partial charge in [0.2, 0.25) is 0 Å². The molecule has 1 N–H and O–H groups in total. The minimum Gasteiger partial charge on any atom is -0.361 e. The zero-order chi connectivity index (χ0) is 16.2. The van der Waals surface area contributed by atoms with Gasteiger partial charge in [0.25, 0.3) is 0 Å². The molecular formula is C17H29N5O. The lowest BCUT2D eigenvalue weighted by atomic mass is 10.2. The van der Waals surface area contributed by atoms with E-state index in [1.165, 1.54) is 19.3 Å². The van der Waals surface area contributed by atoms with E-state index in [4.69, 9.17) is 4.52 Å². The highest BCUT2D eigenvalue weighted by molar-refractivity contribution is 5.80. The number of nitrogens with zero attached hydrogens (tertiary/aromatic N) is 4. The van der Waals surface area contributed by atoms with E-state index in [0.717, 1.165) is 56.1 Å². The van der Waals surface area contributed by atoms with Crippen LogP contribution >= 0.6 is 0 Å². The molecule has 2 atom stereocenters. The first kappa shape index (κ1) is 16.3. The Morgan fingerprint density at radius 2 is 2.17 bits per heavy atom. The van der Waals surface area contributed by atoms with Crippen LogP contribution in [0.4, 0.5) is 0 Å². The first-order valence-corrected chi connectivity index (χ1v) is 8.82. The fraction of sp³-hybridized carbons (Fsp3) is 0.765. The van der Waals surface area contributed by atoms with Crippen molar-refractivity contribution in [3.63, 3.8) is 0 Å². The summed E-state index contributed by atoms with van der Waals surface area (Å²) in [6.07, 6.45) is 3.92. The van der Waals surface area contributed by atoms with Gasteiger partial charge in [0.1, 0.15) is 5.76 Å². The van der Waals surface area contributed by atoms with Crippen molar-refractivity contribution in [3.05, 3.63) is 17.5 Å². The Labute approximate surface area is 138 Å². The topological polar surface area (TPSA) is 56.9 Å². The van der Waals surface area contributed by atoms with Gasteiger partial charge in [-0.25, -0.2) is 0 Å². The minimum absolute atomic E-state index is 0.643. The molecule has 1 saturated heterocycles. The van der Waals surface area contributed by atoms with Crippen LogP contribution in [-0.2, 0) is 6.54 Å². The molecule has 1 aliphatic carbocycles. The zero-order valence-electron chi connectivity index (χ0n) is 14.6. The van der Waals surface area contributed by atoms with E-state index in [1.54, 1.807) is 0 Å². The van der Waals surface area contributed by atoms with Crippen molar-refractivity contribution >= 4 is 5.96 Å². The summed E-state index contributed by atoms with van der Waals surface area (Å²) in [5.41, 5.74) is 1.03. The SMILES string of the molecule is CCCC1CC1NC(=NC)N1CCN(Cc2cc(C)on2)CC1. The van der Waals surface area contributed by atoms with Gasteiger partial charge in [0.05, 0.1) is 5.69 Å². The van der Waals surface area contributed by atoms with Crippen molar-refractivity contribution in [1.29, 1.82) is 0 Å². The Kier molecular flexibility index (Phi) is 5.20. The lowest BCUT2D eigenvalue weighted by Gasteiger charge is -2.36. The van der Waals surface area contributed by atoms with Crippen molar-refractivity contribution in [1.82, 2.24) is 20.3 Å². The number of rotatable bonds is 5. The minimum atomic E-state index is 0.643. The molecule has 2 unspecified atom stereocenters. The van der Waals surface area contributed by atoms with Crippen LogP contribution in [0.1, 0.15) is 37.6 Å². The Bertz CT molecular complexity index is 533. The van der Waals surface area contributed by atoms with Crippen LogP contribution in [0.3, 0.4) is 0 Å². The van der Waals surface area contributed by atoms with E-state index in [0.29, 0.717) is 6.04 Å². The molecule has 23 heavy (non-hydrogen) atoms. The lowest BCUT2D eigenvalue weighted by molar-refractivity contribution is 0.168. The van der Waals surface area contributed by atoms with Gasteiger partial charge >= 0.3 is 0 Å². The van der Waals surface area contributed by atoms with Gasteiger partial charge in [-0.1, -0.05) is 18.5 Å². The first-order chi connectivity index (χ1) is 11.2. The maximum Gasteiger partial charge on any atom is 0.193 e. The molecule has 0 amide bonds. The Morgan fingerprint density at radius 3 is 2.78 bits per heavy atom. The highest BCUT2D eigenvalue weighted by Gasteiger charge is 2.37. The van der Waals surface area contributed by atoms with E-state index in [9.17, 15) is 0 Å². The fourth-order valence-electron chi connectivity index (χ4n) is 3.42. The number of piperazine rings is 1. The molecule has 2 heterocycles. The molecule has 1 saturated carbocycles. The second kappa shape index (κ2) is 7.34. The predicted molar refractivity (Wildman–Crippen MR) is 91.4 cm³/mol. The number of guanidine groups is 1. The molecule has 128 valence electrons. The van der Waals surface area contributed by atoms with Crippen molar-refractivity contribution < 1.29 is 4.52 Å². The van der Waals surface area contributed by atoms with Crippen LogP contribution in [0, 0.1) is 12.8 Å². The summed E-state index contributed by atoms with van der Waals surface area (Å²) < 4.78 is 5.15. The molecule has 1 aliphatic heterocycles. The highest BCUT2D eigenvalue weighted by atomic mass is 16.5. The third-order valence-corrected chi connectivity index (χ3v) is 4.84. The Hall–Kier alpha value is -1.56. The standard InChI is InChI=1S/C17H29N5O/c1-4-5-14-11-16(14)19-17(18-3)22-8-6-21(7-9-22)12-15-10-13(2)23-20-15/h10,14,16H,4-9,11-12H2,1-3H3,(H,18,19). The summed E-state index contributed by atoms with van der Waals surface area (Å²) in [5.74, 6) is 2.81. The van der Waals surface area contributed by atoms with Gasteiger partial charge < -0.3 is 14.7 Å². The van der Waals surface area contributed by atoms with Crippen molar-refractivity contribution in [2.24, 2.45) is 10.9 Å². The Balaban J connectivity index is 1.44. The molecule has 0 spiro atoms. The number of aryl methyl sites for hydroxylation is 1. The van der Waals surface area contributed by atoms with Crippen molar-refractivity contribution in [2.45, 2.75) is 45.7 Å². The van der Waals surface area contributed by atoms with Gasteiger partial charge in [-0.15, -0.1) is 0 Å². The monoisotopic (exact) mass is 319 g/mol. The van der Waals surface area contributed by atoms with Gasteiger partial charge in [0.15, 0.2) is 5.96 Å². The molecule has 0 radical (unpaired) electrons. The molecule has 6 nitrogen and oxygen atoms in total. The smallest absolute Gasteiger partial charge is 0.193 e. The third kappa shape index (κ3) is 4.25. The second-order valence-electron chi connectivity index (χ2n) is 6.77. The number of aliphatic imine (C=N–C) groups is 1. The van der Waals surface area contributed by atoms with Crippen LogP contribution in [0.15, 0.2) is 15.6 Å². The van der Waals surface area contributed by atoms with Crippen molar-refractivity contribution in [3.8, 4) is 0 Å². The summed E-state index contributed by atoms with van der Waals surface area (Å²) in [5, 5.41) is 7.73. The quantitative estimate of drug-likeness (QED) is 0.663. The number of nitrogens with one attached hydrogen (secondary N) is 1. The van der Waals surface area contributed by atoms with Gasteiger partial charge in [-0.05, 0) is 25.7 Å². The summed E-state index contributed by atoms with van der Waals surface area (Å²) in [4.78, 5) is 9.29. The van der Waals surface area contributed by atoms with Crippen LogP contribution in [-0.4, -0.2) is 60.2 Å². The van der Waals surface area contributed by atoms with Gasteiger partial charge in [-0.3, -0.25) is 9.89 Å². The summed E-state index contributed by atoms with van der Waals surface area (Å²) >= 11 is 0. The van der Waals surface area contributed by atoms with Crippen LogP contribution in [0.25, 0.3) is 0 Å². The molecular weight excluding hydrogens is 290 g/mol. The van der Waals surface area contributed by atoms with Crippen molar-refractivity contribution in [2.75, 3.05) is 33.2 Å². The second-order valence-corrected chi connectivity index (χ2v) is 6.77. The highest BCUT2D eigenvalue weighted by Crippen LogP contribution is 2.34. The summed E-state index contributed by atoms with van der Waals surface area (Å²) in [6, 6.07) is 2.66. The van der Waals surface area contributed by atoms with Gasteiger partial charge in [-0.2, -0.15) is 0 Å².